The van der Waals surface area contributed by atoms with E-state index in [1.54, 1.807) is 0 Å². The number of benzene rings is 1. The molecule has 0 fully saturated rings. The molecule has 0 aliphatic carbocycles. The number of nitrogens with zero attached hydrogens (tertiary/aromatic N) is 4. The molecule has 3 aromatic rings. The number of halogens is 1. The summed E-state index contributed by atoms with van der Waals surface area (Å²) in [4.78, 5) is 14.0. The second kappa shape index (κ2) is 4.53. The van der Waals surface area contributed by atoms with Crippen LogP contribution in [0.1, 0.15) is 0 Å². The van der Waals surface area contributed by atoms with Crippen molar-refractivity contribution in [3.63, 3.8) is 0 Å². The Morgan fingerprint density at radius 1 is 1.30 bits per heavy atom. The van der Waals surface area contributed by atoms with Gasteiger partial charge in [0.15, 0.2) is 5.69 Å². The molecule has 0 atom stereocenters. The van der Waals surface area contributed by atoms with Gasteiger partial charge >= 0.3 is 5.82 Å². The van der Waals surface area contributed by atoms with Crippen molar-refractivity contribution in [2.45, 2.75) is 0 Å². The van der Waals surface area contributed by atoms with E-state index in [9.17, 15) is 14.5 Å². The molecule has 0 amide bonds. The molecule has 0 saturated heterocycles. The topological polar surface area (TPSA) is 111 Å². The van der Waals surface area contributed by atoms with Gasteiger partial charge < -0.3 is 14.6 Å². The third kappa shape index (κ3) is 2.11. The Bertz CT molecular complexity index is 764. The van der Waals surface area contributed by atoms with Crippen LogP contribution in [0.15, 0.2) is 34.9 Å². The van der Waals surface area contributed by atoms with Crippen molar-refractivity contribution >= 4 is 5.82 Å². The first-order valence-corrected chi connectivity index (χ1v) is 5.43. The molecule has 0 radical (unpaired) electrons. The second-order valence-corrected chi connectivity index (χ2v) is 3.83. The molecule has 9 heteroatoms. The van der Waals surface area contributed by atoms with Gasteiger partial charge in [0.2, 0.25) is 5.82 Å². The van der Waals surface area contributed by atoms with Crippen LogP contribution in [0.5, 0.6) is 0 Å². The van der Waals surface area contributed by atoms with Crippen LogP contribution >= 0.6 is 0 Å². The standard InChI is InChI=1S/C11H6FN5O3/c12-7-3-1-6(2-4-7)11-13-10(16-20-11)8-5-9(15-14-8)17(18)19/h1-5H,(H,14,15). The average Bonchev–Trinajstić information content (AvgIpc) is 3.08. The minimum absolute atomic E-state index is 0.105. The summed E-state index contributed by atoms with van der Waals surface area (Å²) in [5.74, 6) is -0.371. The van der Waals surface area contributed by atoms with Crippen LogP contribution in [-0.4, -0.2) is 25.3 Å². The van der Waals surface area contributed by atoms with Crippen LogP contribution in [0.4, 0.5) is 10.2 Å². The quantitative estimate of drug-likeness (QED) is 0.579. The first-order chi connectivity index (χ1) is 9.63. The molecule has 100 valence electrons. The van der Waals surface area contributed by atoms with E-state index in [0.717, 1.165) is 0 Å². The highest BCUT2D eigenvalue weighted by molar-refractivity contribution is 5.58. The maximum Gasteiger partial charge on any atom is 0.343 e. The molecular weight excluding hydrogens is 269 g/mol. The molecule has 20 heavy (non-hydrogen) atoms. The summed E-state index contributed by atoms with van der Waals surface area (Å²) in [5, 5.41) is 20.2. The number of nitrogens with one attached hydrogen (secondary N) is 1. The molecule has 3 rings (SSSR count). The summed E-state index contributed by atoms with van der Waals surface area (Å²) in [6.45, 7) is 0. The van der Waals surface area contributed by atoms with Gasteiger partial charge in [-0.15, -0.1) is 5.10 Å². The lowest BCUT2D eigenvalue weighted by Gasteiger charge is -1.92. The van der Waals surface area contributed by atoms with Crippen molar-refractivity contribution in [2.24, 2.45) is 0 Å². The van der Waals surface area contributed by atoms with Crippen LogP contribution in [0.3, 0.4) is 0 Å². The highest BCUT2D eigenvalue weighted by Gasteiger charge is 2.17. The number of aromatic nitrogens is 4. The molecule has 1 N–H and O–H groups in total. The number of aromatic amines is 1. The maximum atomic E-state index is 12.8. The van der Waals surface area contributed by atoms with Crippen LogP contribution in [-0.2, 0) is 0 Å². The molecule has 2 heterocycles. The van der Waals surface area contributed by atoms with Crippen LogP contribution in [0.2, 0.25) is 0 Å². The van der Waals surface area contributed by atoms with Crippen LogP contribution in [0, 0.1) is 15.9 Å². The zero-order valence-electron chi connectivity index (χ0n) is 9.78. The fraction of sp³-hybridized carbons (Fsp3) is 0. The van der Waals surface area contributed by atoms with E-state index in [1.807, 2.05) is 0 Å². The second-order valence-electron chi connectivity index (χ2n) is 3.83. The van der Waals surface area contributed by atoms with Crippen molar-refractivity contribution in [3.8, 4) is 23.0 Å². The van der Waals surface area contributed by atoms with Crippen LogP contribution < -0.4 is 0 Å². The van der Waals surface area contributed by atoms with E-state index >= 15 is 0 Å². The van der Waals surface area contributed by atoms with Crippen molar-refractivity contribution < 1.29 is 13.8 Å². The lowest BCUT2D eigenvalue weighted by Crippen LogP contribution is -1.86. The maximum absolute atomic E-state index is 12.8. The number of hydrogen-bond acceptors (Lipinski definition) is 6. The summed E-state index contributed by atoms with van der Waals surface area (Å²) in [7, 11) is 0. The summed E-state index contributed by atoms with van der Waals surface area (Å²) in [6, 6.07) is 6.69. The Balaban J connectivity index is 1.93. The Kier molecular flexibility index (Phi) is 2.71. The molecular formula is C11H6FN5O3. The van der Waals surface area contributed by atoms with Gasteiger partial charge in [-0.3, -0.25) is 0 Å². The van der Waals surface area contributed by atoms with E-state index in [0.29, 0.717) is 5.56 Å². The van der Waals surface area contributed by atoms with Gasteiger partial charge in [0.25, 0.3) is 5.89 Å². The van der Waals surface area contributed by atoms with Crippen molar-refractivity contribution in [2.75, 3.05) is 0 Å². The third-order valence-electron chi connectivity index (χ3n) is 2.51. The molecule has 1 aromatic carbocycles. The summed E-state index contributed by atoms with van der Waals surface area (Å²) < 4.78 is 17.8. The van der Waals surface area contributed by atoms with Crippen LogP contribution in [0.25, 0.3) is 23.0 Å². The molecule has 0 aliphatic rings. The average molecular weight is 275 g/mol. The summed E-state index contributed by atoms with van der Waals surface area (Å²) in [5.41, 5.74) is 0.726. The molecule has 0 spiro atoms. The van der Waals surface area contributed by atoms with Gasteiger partial charge in [-0.05, 0) is 29.2 Å². The third-order valence-corrected chi connectivity index (χ3v) is 2.51. The van der Waals surface area contributed by atoms with E-state index in [1.165, 1.54) is 30.3 Å². The predicted molar refractivity (Wildman–Crippen MR) is 63.9 cm³/mol. The van der Waals surface area contributed by atoms with Gasteiger partial charge in [0.05, 0.1) is 6.07 Å². The minimum atomic E-state index is -0.614. The largest absolute Gasteiger partial charge is 0.358 e. The lowest BCUT2D eigenvalue weighted by atomic mass is 10.2. The highest BCUT2D eigenvalue weighted by Crippen LogP contribution is 2.22. The summed E-state index contributed by atoms with van der Waals surface area (Å²) >= 11 is 0. The van der Waals surface area contributed by atoms with Crippen molar-refractivity contribution in [3.05, 3.63) is 46.3 Å². The fourth-order valence-corrected chi connectivity index (χ4v) is 1.56. The Labute approximate surface area is 110 Å². The monoisotopic (exact) mass is 275 g/mol. The first kappa shape index (κ1) is 12.0. The molecule has 0 unspecified atom stereocenters. The predicted octanol–water partition coefficient (Wildman–Crippen LogP) is 2.17. The van der Waals surface area contributed by atoms with Gasteiger partial charge in [-0.1, -0.05) is 10.3 Å². The zero-order chi connectivity index (χ0) is 14.1. The van der Waals surface area contributed by atoms with Gasteiger partial charge in [0, 0.05) is 5.56 Å². The Morgan fingerprint density at radius 2 is 2.05 bits per heavy atom. The van der Waals surface area contributed by atoms with Gasteiger partial charge in [-0.25, -0.2) is 4.39 Å². The molecule has 2 aromatic heterocycles. The number of rotatable bonds is 3. The molecule has 0 saturated carbocycles. The van der Waals surface area contributed by atoms with Gasteiger partial charge in [0.1, 0.15) is 5.82 Å². The zero-order valence-corrected chi connectivity index (χ0v) is 9.78. The molecule has 0 aliphatic heterocycles. The number of nitro groups is 1. The Morgan fingerprint density at radius 3 is 2.70 bits per heavy atom. The summed E-state index contributed by atoms with van der Waals surface area (Å²) in [6.07, 6.45) is 0. The van der Waals surface area contributed by atoms with E-state index in [2.05, 4.69) is 20.3 Å². The van der Waals surface area contributed by atoms with E-state index < -0.39 is 4.92 Å². The lowest BCUT2D eigenvalue weighted by molar-refractivity contribution is -0.389. The SMILES string of the molecule is O=[N+]([O-])c1cc(-c2noc(-c3ccc(F)cc3)n2)n[nH]1. The van der Waals surface area contributed by atoms with E-state index in [4.69, 9.17) is 4.52 Å². The smallest absolute Gasteiger partial charge is 0.343 e. The fourth-order valence-electron chi connectivity index (χ4n) is 1.56. The molecule has 0 bridgehead atoms. The molecule has 8 nitrogen and oxygen atoms in total. The number of H-pyrrole nitrogens is 1. The van der Waals surface area contributed by atoms with Crippen molar-refractivity contribution in [1.29, 1.82) is 0 Å². The number of hydrogen-bond donors (Lipinski definition) is 1. The normalized spacial score (nSPS) is 10.7. The first-order valence-electron chi connectivity index (χ1n) is 5.43. The highest BCUT2D eigenvalue weighted by atomic mass is 19.1. The van der Waals surface area contributed by atoms with Crippen molar-refractivity contribution in [1.82, 2.24) is 20.3 Å². The minimum Gasteiger partial charge on any atom is -0.358 e. The van der Waals surface area contributed by atoms with E-state index in [-0.39, 0.29) is 29.0 Å². The Hall–Kier alpha value is -3.10. The van der Waals surface area contributed by atoms with Gasteiger partial charge in [-0.2, -0.15) is 4.98 Å².